The zero-order valence-electron chi connectivity index (χ0n) is 11.8. The minimum Gasteiger partial charge on any atom is -0.502 e. The Bertz CT molecular complexity index is 916. The summed E-state index contributed by atoms with van der Waals surface area (Å²) in [6.45, 7) is -0.441. The molecule has 2 aromatic rings. The van der Waals surface area contributed by atoms with Gasteiger partial charge in [-0.3, -0.25) is 19.3 Å². The molecule has 0 saturated heterocycles. The van der Waals surface area contributed by atoms with Crippen LogP contribution in [0.4, 0.5) is 13.2 Å². The molecule has 1 aliphatic rings. The lowest BCUT2D eigenvalue weighted by atomic mass is 10.1. The lowest BCUT2D eigenvalue weighted by Gasteiger charge is -2.12. The Kier molecular flexibility index (Phi) is 3.43. The van der Waals surface area contributed by atoms with Crippen LogP contribution in [-0.4, -0.2) is 21.8 Å². The highest BCUT2D eigenvalue weighted by Gasteiger charge is 2.39. The third kappa shape index (κ3) is 2.53. The summed E-state index contributed by atoms with van der Waals surface area (Å²) in [4.78, 5) is 36.4. The number of fused-ring (bicyclic) bond motifs is 1. The van der Waals surface area contributed by atoms with Gasteiger partial charge in [-0.15, -0.1) is 0 Å². The van der Waals surface area contributed by atoms with Gasteiger partial charge in [0.2, 0.25) is 5.43 Å². The van der Waals surface area contributed by atoms with Gasteiger partial charge in [-0.2, -0.15) is 13.2 Å². The van der Waals surface area contributed by atoms with Crippen molar-refractivity contribution < 1.29 is 32.3 Å². The molecule has 2 heterocycles. The molecule has 0 atom stereocenters. The van der Waals surface area contributed by atoms with E-state index < -0.39 is 41.3 Å². The van der Waals surface area contributed by atoms with Crippen molar-refractivity contribution >= 4 is 11.8 Å². The largest absolute Gasteiger partial charge is 0.502 e. The lowest BCUT2D eigenvalue weighted by molar-refractivity contribution is -0.137. The Morgan fingerprint density at radius 3 is 2.33 bits per heavy atom. The van der Waals surface area contributed by atoms with Crippen molar-refractivity contribution in [2.75, 3.05) is 0 Å². The van der Waals surface area contributed by atoms with Crippen molar-refractivity contribution in [3.8, 4) is 5.75 Å². The van der Waals surface area contributed by atoms with E-state index in [0.717, 1.165) is 18.4 Å². The van der Waals surface area contributed by atoms with E-state index in [9.17, 15) is 27.6 Å². The number of rotatable bonds is 2. The van der Waals surface area contributed by atoms with Crippen LogP contribution in [0, 0.1) is 0 Å². The smallest absolute Gasteiger partial charge is 0.416 e. The van der Waals surface area contributed by atoms with Gasteiger partial charge in [0.15, 0.2) is 5.75 Å². The van der Waals surface area contributed by atoms with Gasteiger partial charge in [0, 0.05) is 6.07 Å². The van der Waals surface area contributed by atoms with Crippen LogP contribution < -0.4 is 5.43 Å². The molecule has 0 aliphatic carbocycles. The summed E-state index contributed by atoms with van der Waals surface area (Å²) in [5.74, 6) is -2.45. The SMILES string of the molecule is O=C1c2ccc(C(F)(F)F)cc2C(=O)N1Cc1cc(=O)c(O)co1. The Morgan fingerprint density at radius 2 is 1.71 bits per heavy atom. The molecule has 24 heavy (non-hydrogen) atoms. The molecule has 124 valence electrons. The molecule has 2 amide bonds. The van der Waals surface area contributed by atoms with E-state index in [1.165, 1.54) is 0 Å². The number of hydrogen-bond donors (Lipinski definition) is 1. The van der Waals surface area contributed by atoms with Gasteiger partial charge >= 0.3 is 6.18 Å². The van der Waals surface area contributed by atoms with Crippen molar-refractivity contribution in [2.24, 2.45) is 0 Å². The summed E-state index contributed by atoms with van der Waals surface area (Å²) in [5, 5.41) is 9.10. The van der Waals surface area contributed by atoms with Gasteiger partial charge in [-0.05, 0) is 18.2 Å². The molecule has 0 saturated carbocycles. The Labute approximate surface area is 131 Å². The van der Waals surface area contributed by atoms with Crippen molar-refractivity contribution in [1.82, 2.24) is 4.90 Å². The van der Waals surface area contributed by atoms with Crippen molar-refractivity contribution in [1.29, 1.82) is 0 Å². The van der Waals surface area contributed by atoms with Gasteiger partial charge in [0.05, 0.1) is 23.2 Å². The topological polar surface area (TPSA) is 87.8 Å². The number of imide groups is 1. The zero-order valence-corrected chi connectivity index (χ0v) is 11.8. The van der Waals surface area contributed by atoms with Crippen molar-refractivity contribution in [3.05, 3.63) is 63.2 Å². The molecule has 1 aliphatic heterocycles. The number of aromatic hydroxyl groups is 1. The van der Waals surface area contributed by atoms with Gasteiger partial charge in [-0.25, -0.2) is 0 Å². The highest BCUT2D eigenvalue weighted by atomic mass is 19.4. The second-order valence-electron chi connectivity index (χ2n) is 5.05. The summed E-state index contributed by atoms with van der Waals surface area (Å²) in [7, 11) is 0. The molecule has 9 heteroatoms. The summed E-state index contributed by atoms with van der Waals surface area (Å²) in [6.07, 6.45) is -3.90. The fraction of sp³-hybridized carbons (Fsp3) is 0.133. The molecule has 1 aromatic heterocycles. The molecule has 0 bridgehead atoms. The van der Waals surface area contributed by atoms with Crippen LogP contribution >= 0.6 is 0 Å². The molecule has 0 radical (unpaired) electrons. The summed E-state index contributed by atoms with van der Waals surface area (Å²) in [5.41, 5.74) is -2.34. The van der Waals surface area contributed by atoms with Gasteiger partial charge in [0.1, 0.15) is 12.0 Å². The predicted molar refractivity (Wildman–Crippen MR) is 72.3 cm³/mol. The molecular formula is C15H8F3NO5. The highest BCUT2D eigenvalue weighted by molar-refractivity contribution is 6.21. The Hall–Kier alpha value is -3.10. The number of hydrogen-bond acceptors (Lipinski definition) is 5. The number of halogens is 3. The normalized spacial score (nSPS) is 14.2. The Morgan fingerprint density at radius 1 is 1.04 bits per heavy atom. The van der Waals surface area contributed by atoms with Crippen molar-refractivity contribution in [2.45, 2.75) is 12.7 Å². The monoisotopic (exact) mass is 339 g/mol. The molecule has 6 nitrogen and oxygen atoms in total. The third-order valence-electron chi connectivity index (χ3n) is 3.48. The minimum absolute atomic E-state index is 0.0941. The first-order valence-electron chi connectivity index (χ1n) is 6.56. The average molecular weight is 339 g/mol. The van der Waals surface area contributed by atoms with Crippen LogP contribution in [0.25, 0.3) is 0 Å². The van der Waals surface area contributed by atoms with Crippen LogP contribution in [0.5, 0.6) is 5.75 Å². The van der Waals surface area contributed by atoms with Gasteiger partial charge in [-0.1, -0.05) is 0 Å². The molecule has 1 N–H and O–H groups in total. The highest BCUT2D eigenvalue weighted by Crippen LogP contribution is 2.33. The summed E-state index contributed by atoms with van der Waals surface area (Å²) >= 11 is 0. The van der Waals surface area contributed by atoms with Crippen LogP contribution in [0.15, 0.2) is 39.7 Å². The van der Waals surface area contributed by atoms with E-state index in [1.807, 2.05) is 0 Å². The van der Waals surface area contributed by atoms with Crippen molar-refractivity contribution in [3.63, 3.8) is 0 Å². The van der Waals surface area contributed by atoms with Gasteiger partial charge in [0.25, 0.3) is 11.8 Å². The second kappa shape index (κ2) is 5.22. The van der Waals surface area contributed by atoms with E-state index in [-0.39, 0.29) is 16.9 Å². The van der Waals surface area contributed by atoms with E-state index >= 15 is 0 Å². The molecule has 0 spiro atoms. The number of benzene rings is 1. The minimum atomic E-state index is -4.64. The van der Waals surface area contributed by atoms with Crippen LogP contribution in [0.1, 0.15) is 32.0 Å². The van der Waals surface area contributed by atoms with Crippen LogP contribution in [-0.2, 0) is 12.7 Å². The maximum absolute atomic E-state index is 12.7. The first-order chi connectivity index (χ1) is 11.2. The zero-order chi connectivity index (χ0) is 17.6. The van der Waals surface area contributed by atoms with Crippen LogP contribution in [0.2, 0.25) is 0 Å². The van der Waals surface area contributed by atoms with E-state index in [0.29, 0.717) is 17.0 Å². The van der Waals surface area contributed by atoms with E-state index in [4.69, 9.17) is 9.52 Å². The lowest BCUT2D eigenvalue weighted by Crippen LogP contribution is -2.29. The number of carbonyl (C=O) groups is 2. The quantitative estimate of drug-likeness (QED) is 0.847. The molecular weight excluding hydrogens is 331 g/mol. The fourth-order valence-corrected chi connectivity index (χ4v) is 2.29. The standard InChI is InChI=1S/C15H8F3NO5/c16-15(17,18)7-1-2-9-10(3-7)14(23)19(13(9)22)5-8-4-11(20)12(21)6-24-8/h1-4,6,21H,5H2. The first kappa shape index (κ1) is 15.8. The number of carbonyl (C=O) groups excluding carboxylic acids is 2. The summed E-state index contributed by atoms with van der Waals surface area (Å²) in [6, 6.07) is 3.15. The third-order valence-corrected chi connectivity index (χ3v) is 3.48. The van der Waals surface area contributed by atoms with E-state index in [1.54, 1.807) is 0 Å². The molecule has 0 fully saturated rings. The second-order valence-corrected chi connectivity index (χ2v) is 5.05. The number of alkyl halides is 3. The maximum Gasteiger partial charge on any atom is 0.416 e. The van der Waals surface area contributed by atoms with Crippen LogP contribution in [0.3, 0.4) is 0 Å². The van der Waals surface area contributed by atoms with E-state index in [2.05, 4.69) is 0 Å². The average Bonchev–Trinajstić information content (AvgIpc) is 2.75. The predicted octanol–water partition coefficient (Wildman–Crippen LogP) is 2.16. The first-order valence-corrected chi connectivity index (χ1v) is 6.56. The van der Waals surface area contributed by atoms with Gasteiger partial charge < -0.3 is 9.52 Å². The fourth-order valence-electron chi connectivity index (χ4n) is 2.29. The molecule has 3 rings (SSSR count). The summed E-state index contributed by atoms with van der Waals surface area (Å²) < 4.78 is 43.1. The Balaban J connectivity index is 1.95. The number of nitrogens with zero attached hydrogens (tertiary/aromatic N) is 1. The molecule has 1 aromatic carbocycles. The molecule has 0 unspecified atom stereocenters. The number of amides is 2. The maximum atomic E-state index is 12.7.